The number of anilines is 1. The summed E-state index contributed by atoms with van der Waals surface area (Å²) in [5.74, 6) is 0.437. The van der Waals surface area contributed by atoms with Gasteiger partial charge in [0.05, 0.1) is 18.0 Å². The van der Waals surface area contributed by atoms with Gasteiger partial charge in [-0.25, -0.2) is 8.42 Å². The molecule has 2 aliphatic heterocycles. The third-order valence-corrected chi connectivity index (χ3v) is 8.36. The van der Waals surface area contributed by atoms with Crippen LogP contribution in [0.25, 0.3) is 0 Å². The number of nitrogens with zero attached hydrogens (tertiary/aromatic N) is 2. The van der Waals surface area contributed by atoms with E-state index in [9.17, 15) is 18.3 Å². The molecule has 31 heavy (non-hydrogen) atoms. The summed E-state index contributed by atoms with van der Waals surface area (Å²) >= 11 is 0. The lowest BCUT2D eigenvalue weighted by Crippen LogP contribution is -2.46. The van der Waals surface area contributed by atoms with E-state index in [-0.39, 0.29) is 23.9 Å². The van der Waals surface area contributed by atoms with Crippen molar-refractivity contribution in [3.8, 4) is 0 Å². The van der Waals surface area contributed by atoms with Crippen molar-refractivity contribution >= 4 is 21.6 Å². The third kappa shape index (κ3) is 5.07. The first-order chi connectivity index (χ1) is 14.7. The van der Waals surface area contributed by atoms with Crippen LogP contribution in [0.1, 0.15) is 62.7 Å². The highest BCUT2D eigenvalue weighted by atomic mass is 32.2. The number of sulfonamides is 1. The molecule has 2 fully saturated rings. The van der Waals surface area contributed by atoms with Gasteiger partial charge in [0.25, 0.3) is 0 Å². The molecular formula is C23H35N3O4S. The molecule has 1 aromatic rings. The normalized spacial score (nSPS) is 24.4. The van der Waals surface area contributed by atoms with E-state index in [0.717, 1.165) is 55.6 Å². The van der Waals surface area contributed by atoms with Crippen molar-refractivity contribution in [2.45, 2.75) is 70.1 Å². The summed E-state index contributed by atoms with van der Waals surface area (Å²) in [6.45, 7) is 4.17. The quantitative estimate of drug-likeness (QED) is 0.695. The molecule has 2 N–H and O–H groups in total. The average Bonchev–Trinajstić information content (AvgIpc) is 3.35. The zero-order chi connectivity index (χ0) is 22.2. The summed E-state index contributed by atoms with van der Waals surface area (Å²) in [5.41, 5.74) is 2.53. The first kappa shape index (κ1) is 22.6. The molecule has 1 amide bonds. The van der Waals surface area contributed by atoms with Crippen molar-refractivity contribution in [2.24, 2.45) is 5.92 Å². The van der Waals surface area contributed by atoms with Crippen LogP contribution < -0.4 is 9.62 Å². The van der Waals surface area contributed by atoms with E-state index < -0.39 is 16.1 Å². The second-order valence-corrected chi connectivity index (χ2v) is 11.4. The van der Waals surface area contributed by atoms with Gasteiger partial charge < -0.3 is 15.3 Å². The standard InChI is InChI=1S/C23H35N3O4S/c1-16-13-19-14-18(7-8-21(19)26(16)31(2,29)30)22(27)15-25-11-9-20(10-12-25)24-23(28)17-5-3-4-6-17/h7-8,14,16-17,20,22,27H,3-6,9-13,15H2,1-2H3,(H,24,28)/t16-,22-/m0/s1. The van der Waals surface area contributed by atoms with Crippen LogP contribution in [0.5, 0.6) is 0 Å². The van der Waals surface area contributed by atoms with Crippen LogP contribution in [0.2, 0.25) is 0 Å². The Balaban J connectivity index is 1.30. The molecule has 0 aromatic heterocycles. The Morgan fingerprint density at radius 3 is 2.52 bits per heavy atom. The van der Waals surface area contributed by atoms with E-state index in [2.05, 4.69) is 10.2 Å². The Bertz CT molecular complexity index is 905. The number of nitrogens with one attached hydrogen (secondary N) is 1. The SMILES string of the molecule is C[C@H]1Cc2cc([C@@H](O)CN3CCC(NC(=O)C4CCCC4)CC3)ccc2N1S(C)(=O)=O. The molecule has 2 atom stereocenters. The first-order valence-electron chi connectivity index (χ1n) is 11.6. The number of β-amino-alcohol motifs (C(OH)–C–C–N with tert-alkyl or cyclic N) is 1. The summed E-state index contributed by atoms with van der Waals surface area (Å²) < 4.78 is 25.7. The molecule has 0 spiro atoms. The third-order valence-electron chi connectivity index (χ3n) is 7.09. The highest BCUT2D eigenvalue weighted by molar-refractivity contribution is 7.92. The molecule has 1 saturated heterocycles. The van der Waals surface area contributed by atoms with Gasteiger partial charge in [0, 0.05) is 37.6 Å². The Morgan fingerprint density at radius 2 is 1.87 bits per heavy atom. The maximum absolute atomic E-state index is 12.4. The fourth-order valence-corrected chi connectivity index (χ4v) is 6.72. The van der Waals surface area contributed by atoms with E-state index in [0.29, 0.717) is 13.0 Å². The van der Waals surface area contributed by atoms with Gasteiger partial charge in [-0.2, -0.15) is 0 Å². The molecule has 0 bridgehead atoms. The first-order valence-corrected chi connectivity index (χ1v) is 13.4. The molecule has 7 nitrogen and oxygen atoms in total. The van der Waals surface area contributed by atoms with Crippen molar-refractivity contribution in [3.63, 3.8) is 0 Å². The van der Waals surface area contributed by atoms with E-state index in [1.807, 2.05) is 25.1 Å². The van der Waals surface area contributed by atoms with Crippen LogP contribution in [-0.4, -0.2) is 62.3 Å². The lowest BCUT2D eigenvalue weighted by Gasteiger charge is -2.34. The summed E-state index contributed by atoms with van der Waals surface area (Å²) in [7, 11) is -3.31. The predicted molar refractivity (Wildman–Crippen MR) is 121 cm³/mol. The molecule has 172 valence electrons. The van der Waals surface area contributed by atoms with Gasteiger partial charge in [0.15, 0.2) is 0 Å². The zero-order valence-electron chi connectivity index (χ0n) is 18.6. The van der Waals surface area contributed by atoms with Crippen molar-refractivity contribution in [2.75, 3.05) is 30.2 Å². The van der Waals surface area contributed by atoms with Crippen molar-refractivity contribution in [1.82, 2.24) is 10.2 Å². The van der Waals surface area contributed by atoms with Gasteiger partial charge in [-0.3, -0.25) is 9.10 Å². The van der Waals surface area contributed by atoms with Gasteiger partial charge in [-0.15, -0.1) is 0 Å². The molecule has 2 heterocycles. The van der Waals surface area contributed by atoms with Crippen LogP contribution in [-0.2, 0) is 21.2 Å². The minimum Gasteiger partial charge on any atom is -0.387 e. The smallest absolute Gasteiger partial charge is 0.232 e. The number of piperidine rings is 1. The molecule has 0 unspecified atom stereocenters. The monoisotopic (exact) mass is 449 g/mol. The number of likely N-dealkylation sites (tertiary alicyclic amines) is 1. The maximum atomic E-state index is 12.4. The topological polar surface area (TPSA) is 89.9 Å². The molecule has 1 saturated carbocycles. The number of carbonyl (C=O) groups excluding carboxylic acids is 1. The summed E-state index contributed by atoms with van der Waals surface area (Å²) in [6.07, 6.45) is 7.50. The minimum absolute atomic E-state index is 0.101. The lowest BCUT2D eigenvalue weighted by atomic mass is 10.00. The van der Waals surface area contributed by atoms with Crippen molar-refractivity contribution in [1.29, 1.82) is 0 Å². The number of benzene rings is 1. The molecule has 8 heteroatoms. The van der Waals surface area contributed by atoms with Crippen molar-refractivity contribution in [3.05, 3.63) is 29.3 Å². The highest BCUT2D eigenvalue weighted by Gasteiger charge is 2.33. The Hall–Kier alpha value is -1.64. The molecule has 4 rings (SSSR count). The second-order valence-electron chi connectivity index (χ2n) is 9.58. The van der Waals surface area contributed by atoms with Gasteiger partial charge in [-0.05, 0) is 56.2 Å². The van der Waals surface area contributed by atoms with Gasteiger partial charge in [-0.1, -0.05) is 25.0 Å². The van der Waals surface area contributed by atoms with E-state index in [1.165, 1.54) is 23.4 Å². The Kier molecular flexibility index (Phi) is 6.60. The van der Waals surface area contributed by atoms with Crippen LogP contribution in [0.4, 0.5) is 5.69 Å². The van der Waals surface area contributed by atoms with Crippen LogP contribution in [0.3, 0.4) is 0 Å². The number of aliphatic hydroxyl groups is 1. The van der Waals surface area contributed by atoms with E-state index >= 15 is 0 Å². The van der Waals surface area contributed by atoms with Crippen LogP contribution in [0.15, 0.2) is 18.2 Å². The number of amides is 1. The molecular weight excluding hydrogens is 414 g/mol. The molecule has 0 radical (unpaired) electrons. The molecule has 1 aromatic carbocycles. The number of fused-ring (bicyclic) bond motifs is 1. The second kappa shape index (κ2) is 9.08. The van der Waals surface area contributed by atoms with Gasteiger partial charge in [0.2, 0.25) is 15.9 Å². The van der Waals surface area contributed by atoms with Gasteiger partial charge in [0.1, 0.15) is 0 Å². The average molecular weight is 450 g/mol. The van der Waals surface area contributed by atoms with E-state index in [1.54, 1.807) is 0 Å². The summed E-state index contributed by atoms with van der Waals surface area (Å²) in [4.78, 5) is 14.6. The van der Waals surface area contributed by atoms with Crippen molar-refractivity contribution < 1.29 is 18.3 Å². The largest absolute Gasteiger partial charge is 0.387 e. The number of carbonyl (C=O) groups is 1. The molecule has 3 aliphatic rings. The van der Waals surface area contributed by atoms with Gasteiger partial charge >= 0.3 is 0 Å². The molecule has 1 aliphatic carbocycles. The highest BCUT2D eigenvalue weighted by Crippen LogP contribution is 2.36. The summed E-state index contributed by atoms with van der Waals surface area (Å²) in [6, 6.07) is 5.76. The van der Waals surface area contributed by atoms with Crippen LogP contribution in [0, 0.1) is 5.92 Å². The van der Waals surface area contributed by atoms with Crippen LogP contribution >= 0.6 is 0 Å². The number of hydrogen-bond donors (Lipinski definition) is 2. The number of aliphatic hydroxyl groups excluding tert-OH is 1. The lowest BCUT2D eigenvalue weighted by molar-refractivity contribution is -0.125. The number of rotatable bonds is 6. The summed E-state index contributed by atoms with van der Waals surface area (Å²) in [5, 5.41) is 14.0. The fourth-order valence-electron chi connectivity index (χ4n) is 5.45. The van der Waals surface area contributed by atoms with E-state index in [4.69, 9.17) is 0 Å². The predicted octanol–water partition coefficient (Wildman–Crippen LogP) is 2.20. The Labute approximate surface area is 185 Å². The Morgan fingerprint density at radius 1 is 1.19 bits per heavy atom. The zero-order valence-corrected chi connectivity index (χ0v) is 19.4. The minimum atomic E-state index is -3.31. The number of hydrogen-bond acceptors (Lipinski definition) is 5. The maximum Gasteiger partial charge on any atom is 0.232 e. The fraction of sp³-hybridized carbons (Fsp3) is 0.696.